The van der Waals surface area contributed by atoms with Crippen LogP contribution < -0.4 is 9.64 Å². The van der Waals surface area contributed by atoms with Gasteiger partial charge in [0.25, 0.3) is 0 Å². The van der Waals surface area contributed by atoms with E-state index in [0.717, 1.165) is 30.0 Å². The average Bonchev–Trinajstić information content (AvgIpc) is 3.22. The van der Waals surface area contributed by atoms with E-state index in [1.54, 1.807) is 6.20 Å². The minimum Gasteiger partial charge on any atom is -0.487 e. The maximum Gasteiger partial charge on any atom is 0.407 e. The third-order valence-corrected chi connectivity index (χ3v) is 5.10. The van der Waals surface area contributed by atoms with Crippen molar-refractivity contribution in [1.82, 2.24) is 9.88 Å². The molecule has 2 aliphatic rings. The van der Waals surface area contributed by atoms with Crippen molar-refractivity contribution in [3.63, 3.8) is 0 Å². The average molecular weight is 339 g/mol. The second-order valence-electron chi connectivity index (χ2n) is 6.65. The number of anilines is 1. The molecule has 2 saturated heterocycles. The van der Waals surface area contributed by atoms with Crippen molar-refractivity contribution in [2.45, 2.75) is 19.1 Å². The number of nitrogens with zero attached hydrogens (tertiary/aromatic N) is 3. The van der Waals surface area contributed by atoms with Gasteiger partial charge in [0.2, 0.25) is 0 Å². The summed E-state index contributed by atoms with van der Waals surface area (Å²) in [5, 5.41) is 9.22. The van der Waals surface area contributed by atoms with Gasteiger partial charge in [0.15, 0.2) is 0 Å². The lowest BCUT2D eigenvalue weighted by molar-refractivity contribution is 0.153. The number of ether oxygens (including phenoxy) is 1. The number of pyridine rings is 1. The number of carbonyl (C=O) groups is 1. The number of rotatable bonds is 4. The highest BCUT2D eigenvalue weighted by Crippen LogP contribution is 2.35. The summed E-state index contributed by atoms with van der Waals surface area (Å²) in [5.74, 6) is 1.14. The fraction of sp³-hybridized carbons (Fsp3) is 0.368. The SMILES string of the molecule is O=C(O)N1C[C@@H]2CCN(c3cncc(OCc4ccccc4)c3)[C@@H]2C1. The van der Waals surface area contributed by atoms with Gasteiger partial charge in [0.1, 0.15) is 12.4 Å². The fourth-order valence-corrected chi connectivity index (χ4v) is 3.82. The van der Waals surface area contributed by atoms with Gasteiger partial charge in [-0.25, -0.2) is 4.79 Å². The van der Waals surface area contributed by atoms with E-state index in [1.807, 2.05) is 42.6 Å². The number of likely N-dealkylation sites (tertiary alicyclic amines) is 1. The Balaban J connectivity index is 1.45. The van der Waals surface area contributed by atoms with Crippen LogP contribution in [0.5, 0.6) is 5.75 Å². The highest BCUT2D eigenvalue weighted by atomic mass is 16.5. The zero-order chi connectivity index (χ0) is 17.2. The van der Waals surface area contributed by atoms with Crippen molar-refractivity contribution in [1.29, 1.82) is 0 Å². The molecule has 2 aromatic rings. The second kappa shape index (κ2) is 6.63. The molecule has 0 saturated carbocycles. The van der Waals surface area contributed by atoms with Crippen LogP contribution in [0.4, 0.5) is 10.5 Å². The van der Waals surface area contributed by atoms with Crippen LogP contribution in [0, 0.1) is 5.92 Å². The van der Waals surface area contributed by atoms with Crippen LogP contribution in [-0.4, -0.2) is 46.8 Å². The molecule has 1 N–H and O–H groups in total. The number of carboxylic acid groups (broad SMARTS) is 1. The van der Waals surface area contributed by atoms with Gasteiger partial charge in [0, 0.05) is 31.6 Å². The molecular formula is C19H21N3O3. The lowest BCUT2D eigenvalue weighted by Crippen LogP contribution is -2.36. The fourth-order valence-electron chi connectivity index (χ4n) is 3.82. The van der Waals surface area contributed by atoms with Crippen molar-refractivity contribution < 1.29 is 14.6 Å². The Morgan fingerprint density at radius 1 is 1.24 bits per heavy atom. The van der Waals surface area contributed by atoms with E-state index in [2.05, 4.69) is 9.88 Å². The minimum atomic E-state index is -0.826. The van der Waals surface area contributed by atoms with E-state index in [-0.39, 0.29) is 6.04 Å². The van der Waals surface area contributed by atoms with Crippen LogP contribution in [0.2, 0.25) is 0 Å². The number of hydrogen-bond donors (Lipinski definition) is 1. The van der Waals surface area contributed by atoms with E-state index in [4.69, 9.17) is 4.74 Å². The van der Waals surface area contributed by atoms with Crippen molar-refractivity contribution in [3.8, 4) is 5.75 Å². The van der Waals surface area contributed by atoms with Crippen molar-refractivity contribution in [3.05, 3.63) is 54.4 Å². The first-order chi connectivity index (χ1) is 12.2. The van der Waals surface area contributed by atoms with Gasteiger partial charge in [-0.3, -0.25) is 4.98 Å². The number of fused-ring (bicyclic) bond motifs is 1. The maximum absolute atomic E-state index is 11.2. The molecule has 2 fully saturated rings. The minimum absolute atomic E-state index is 0.238. The highest BCUT2D eigenvalue weighted by molar-refractivity contribution is 5.66. The van der Waals surface area contributed by atoms with Crippen molar-refractivity contribution >= 4 is 11.8 Å². The number of hydrogen-bond acceptors (Lipinski definition) is 4. The molecule has 3 heterocycles. The molecule has 0 bridgehead atoms. The number of aromatic nitrogens is 1. The van der Waals surface area contributed by atoms with Gasteiger partial charge in [-0.15, -0.1) is 0 Å². The Kier molecular flexibility index (Phi) is 4.17. The molecule has 4 rings (SSSR count). The van der Waals surface area contributed by atoms with E-state index >= 15 is 0 Å². The van der Waals surface area contributed by atoms with E-state index in [9.17, 15) is 9.90 Å². The molecule has 0 unspecified atom stereocenters. The van der Waals surface area contributed by atoms with Crippen LogP contribution in [-0.2, 0) is 6.61 Å². The lowest BCUT2D eigenvalue weighted by Gasteiger charge is -2.26. The summed E-state index contributed by atoms with van der Waals surface area (Å²) in [6.07, 6.45) is 3.75. The summed E-state index contributed by atoms with van der Waals surface area (Å²) < 4.78 is 5.87. The third kappa shape index (κ3) is 3.24. The van der Waals surface area contributed by atoms with Gasteiger partial charge in [-0.1, -0.05) is 30.3 Å². The van der Waals surface area contributed by atoms with Gasteiger partial charge >= 0.3 is 6.09 Å². The molecular weight excluding hydrogens is 318 g/mol. The Morgan fingerprint density at radius 3 is 2.88 bits per heavy atom. The molecule has 130 valence electrons. The van der Waals surface area contributed by atoms with Crippen LogP contribution in [0.3, 0.4) is 0 Å². The summed E-state index contributed by atoms with van der Waals surface area (Å²) >= 11 is 0. The standard InChI is InChI=1S/C19H21N3O3/c23-19(24)21-11-15-6-7-22(18(15)12-21)16-8-17(10-20-9-16)25-13-14-4-2-1-3-5-14/h1-5,8-10,15,18H,6-7,11-13H2,(H,23,24)/t15-,18+/m0/s1. The smallest absolute Gasteiger partial charge is 0.407 e. The molecule has 0 aliphatic carbocycles. The van der Waals surface area contributed by atoms with Gasteiger partial charge < -0.3 is 19.6 Å². The molecule has 0 radical (unpaired) electrons. The molecule has 2 aliphatic heterocycles. The summed E-state index contributed by atoms with van der Waals surface area (Å²) in [6, 6.07) is 12.3. The first-order valence-electron chi connectivity index (χ1n) is 8.57. The van der Waals surface area contributed by atoms with Gasteiger partial charge in [0.05, 0.1) is 24.1 Å². The predicted octanol–water partition coefficient (Wildman–Crippen LogP) is 2.85. The normalized spacial score (nSPS) is 22.1. The first kappa shape index (κ1) is 15.7. The Bertz CT molecular complexity index is 753. The summed E-state index contributed by atoms with van der Waals surface area (Å²) in [4.78, 5) is 19.3. The number of benzene rings is 1. The van der Waals surface area contributed by atoms with Gasteiger partial charge in [-0.05, 0) is 12.0 Å². The molecule has 1 amide bonds. The second-order valence-corrected chi connectivity index (χ2v) is 6.65. The Hall–Kier alpha value is -2.76. The van der Waals surface area contributed by atoms with Crippen molar-refractivity contribution in [2.24, 2.45) is 5.92 Å². The molecule has 25 heavy (non-hydrogen) atoms. The molecule has 6 nitrogen and oxygen atoms in total. The van der Waals surface area contributed by atoms with Crippen LogP contribution in [0.15, 0.2) is 48.8 Å². The Morgan fingerprint density at radius 2 is 2.08 bits per heavy atom. The quantitative estimate of drug-likeness (QED) is 0.928. The first-order valence-corrected chi connectivity index (χ1v) is 8.57. The topological polar surface area (TPSA) is 65.9 Å². The van der Waals surface area contributed by atoms with Crippen LogP contribution in [0.25, 0.3) is 0 Å². The maximum atomic E-state index is 11.2. The molecule has 6 heteroatoms. The monoisotopic (exact) mass is 339 g/mol. The summed E-state index contributed by atoms with van der Waals surface area (Å²) in [6.45, 7) is 2.64. The molecule has 1 aromatic heterocycles. The van der Waals surface area contributed by atoms with E-state index in [1.165, 1.54) is 4.90 Å². The van der Waals surface area contributed by atoms with Gasteiger partial charge in [-0.2, -0.15) is 0 Å². The molecule has 1 aromatic carbocycles. The van der Waals surface area contributed by atoms with E-state index in [0.29, 0.717) is 25.6 Å². The molecule has 2 atom stereocenters. The number of amides is 1. The van der Waals surface area contributed by atoms with Crippen molar-refractivity contribution in [2.75, 3.05) is 24.5 Å². The zero-order valence-electron chi connectivity index (χ0n) is 13.9. The third-order valence-electron chi connectivity index (χ3n) is 5.10. The summed E-state index contributed by atoms with van der Waals surface area (Å²) in [7, 11) is 0. The summed E-state index contributed by atoms with van der Waals surface area (Å²) in [5.41, 5.74) is 2.12. The van der Waals surface area contributed by atoms with Crippen LogP contribution in [0.1, 0.15) is 12.0 Å². The van der Waals surface area contributed by atoms with Crippen LogP contribution >= 0.6 is 0 Å². The lowest BCUT2D eigenvalue weighted by atomic mass is 10.1. The zero-order valence-corrected chi connectivity index (χ0v) is 13.9. The predicted molar refractivity (Wildman–Crippen MR) is 93.8 cm³/mol. The largest absolute Gasteiger partial charge is 0.487 e. The van der Waals surface area contributed by atoms with E-state index < -0.39 is 6.09 Å². The molecule has 0 spiro atoms. The highest BCUT2D eigenvalue weighted by Gasteiger charge is 2.43. The Labute approximate surface area is 146 Å².